The lowest BCUT2D eigenvalue weighted by Crippen LogP contribution is -2.12. The van der Waals surface area contributed by atoms with Crippen molar-refractivity contribution in [2.24, 2.45) is 0 Å². The lowest BCUT2D eigenvalue weighted by molar-refractivity contribution is 0.703. The number of fused-ring (bicyclic) bond motifs is 1. The Hall–Kier alpha value is -0.940. The molecule has 5 heteroatoms. The van der Waals surface area contributed by atoms with Gasteiger partial charge < -0.3 is 5.32 Å². The van der Waals surface area contributed by atoms with Gasteiger partial charge in [-0.25, -0.2) is 0 Å². The molecule has 3 aromatic rings. The van der Waals surface area contributed by atoms with Gasteiger partial charge in [-0.05, 0) is 29.8 Å². The Morgan fingerprint density at radius 3 is 2.85 bits per heavy atom. The van der Waals surface area contributed by atoms with Crippen molar-refractivity contribution in [3.63, 3.8) is 0 Å². The molecule has 0 saturated carbocycles. The van der Waals surface area contributed by atoms with Gasteiger partial charge in [0, 0.05) is 34.0 Å². The quantitative estimate of drug-likeness (QED) is 0.701. The first-order valence-corrected chi connectivity index (χ1v) is 8.20. The van der Waals surface area contributed by atoms with Crippen LogP contribution in [0.1, 0.15) is 10.4 Å². The molecule has 0 aliphatic rings. The number of hydrogen-bond donors (Lipinski definition) is 1. The van der Waals surface area contributed by atoms with Gasteiger partial charge in [0.25, 0.3) is 0 Å². The highest BCUT2D eigenvalue weighted by atomic mass is 79.9. The predicted octanol–water partition coefficient (Wildman–Crippen LogP) is 5.00. The van der Waals surface area contributed by atoms with E-state index < -0.39 is 0 Å². The first kappa shape index (κ1) is 14.0. The highest BCUT2D eigenvalue weighted by Crippen LogP contribution is 2.25. The van der Waals surface area contributed by atoms with Gasteiger partial charge in [0.1, 0.15) is 0 Å². The van der Waals surface area contributed by atoms with Crippen molar-refractivity contribution in [1.29, 1.82) is 0 Å². The van der Waals surface area contributed by atoms with Crippen molar-refractivity contribution in [1.82, 2.24) is 10.3 Å². The molecule has 0 unspecified atom stereocenters. The fraction of sp³-hybridized carbons (Fsp3) is 0.133. The molecule has 0 fully saturated rings. The van der Waals surface area contributed by atoms with Crippen LogP contribution in [-0.2, 0) is 13.1 Å². The van der Waals surface area contributed by atoms with Crippen molar-refractivity contribution < 1.29 is 0 Å². The number of halogens is 2. The highest BCUT2D eigenvalue weighted by molar-refractivity contribution is 9.10. The Labute approximate surface area is 134 Å². The number of rotatable bonds is 4. The van der Waals surface area contributed by atoms with Crippen LogP contribution >= 0.6 is 38.9 Å². The van der Waals surface area contributed by atoms with Gasteiger partial charge in [0.05, 0.1) is 9.85 Å². The summed E-state index contributed by atoms with van der Waals surface area (Å²) in [5.41, 5.74) is 2.24. The predicted molar refractivity (Wildman–Crippen MR) is 89.3 cm³/mol. The minimum atomic E-state index is 0.788. The van der Waals surface area contributed by atoms with Crippen LogP contribution in [0.3, 0.4) is 0 Å². The van der Waals surface area contributed by atoms with E-state index in [1.807, 2.05) is 18.3 Å². The molecule has 0 spiro atoms. The number of benzene rings is 1. The van der Waals surface area contributed by atoms with E-state index in [4.69, 9.17) is 11.6 Å². The number of aromatic nitrogens is 1. The van der Waals surface area contributed by atoms with E-state index in [0.29, 0.717) is 0 Å². The third kappa shape index (κ3) is 3.04. The molecule has 2 aromatic heterocycles. The SMILES string of the molecule is Clc1ccc(CNCc2ccc(Br)c3cccnc23)s1. The van der Waals surface area contributed by atoms with Gasteiger partial charge in [-0.3, -0.25) is 4.98 Å². The molecule has 0 aliphatic carbocycles. The molecule has 2 nitrogen and oxygen atoms in total. The molecule has 0 radical (unpaired) electrons. The van der Waals surface area contributed by atoms with Gasteiger partial charge in [-0.15, -0.1) is 11.3 Å². The van der Waals surface area contributed by atoms with Crippen molar-refractivity contribution in [2.45, 2.75) is 13.1 Å². The third-order valence-corrected chi connectivity index (χ3v) is 4.97. The normalized spacial score (nSPS) is 11.1. The summed E-state index contributed by atoms with van der Waals surface area (Å²) in [7, 11) is 0. The van der Waals surface area contributed by atoms with Gasteiger partial charge in [-0.1, -0.05) is 39.7 Å². The van der Waals surface area contributed by atoms with Crippen LogP contribution in [0.2, 0.25) is 4.34 Å². The van der Waals surface area contributed by atoms with Crippen LogP contribution in [0.25, 0.3) is 10.9 Å². The molecule has 0 atom stereocenters. The van der Waals surface area contributed by atoms with E-state index in [0.717, 1.165) is 32.8 Å². The number of pyridine rings is 1. The maximum absolute atomic E-state index is 5.93. The summed E-state index contributed by atoms with van der Waals surface area (Å²) in [6, 6.07) is 12.2. The Morgan fingerprint density at radius 2 is 2.05 bits per heavy atom. The van der Waals surface area contributed by atoms with Crippen LogP contribution < -0.4 is 5.32 Å². The van der Waals surface area contributed by atoms with Crippen molar-refractivity contribution in [3.8, 4) is 0 Å². The summed E-state index contributed by atoms with van der Waals surface area (Å²) in [6.45, 7) is 1.61. The summed E-state index contributed by atoms with van der Waals surface area (Å²) >= 11 is 11.1. The third-order valence-electron chi connectivity index (χ3n) is 3.04. The molecular formula is C15H12BrClN2S. The van der Waals surface area contributed by atoms with Gasteiger partial charge in [0.15, 0.2) is 0 Å². The lowest BCUT2D eigenvalue weighted by Gasteiger charge is -2.08. The minimum Gasteiger partial charge on any atom is -0.308 e. The van der Waals surface area contributed by atoms with E-state index in [9.17, 15) is 0 Å². The zero-order valence-corrected chi connectivity index (χ0v) is 13.7. The van der Waals surface area contributed by atoms with Crippen LogP contribution in [0, 0.1) is 0 Å². The maximum atomic E-state index is 5.93. The standard InChI is InChI=1S/C15H12BrClN2S/c16-13-5-3-10(15-12(13)2-1-7-19-15)8-18-9-11-4-6-14(17)20-11/h1-7,18H,8-9H2. The first-order chi connectivity index (χ1) is 9.74. The topological polar surface area (TPSA) is 24.9 Å². The Balaban J connectivity index is 1.76. The number of hydrogen-bond acceptors (Lipinski definition) is 3. The van der Waals surface area contributed by atoms with Crippen LogP contribution in [0.5, 0.6) is 0 Å². The average molecular weight is 368 g/mol. The fourth-order valence-corrected chi connectivity index (χ4v) is 3.62. The van der Waals surface area contributed by atoms with E-state index >= 15 is 0 Å². The van der Waals surface area contributed by atoms with Gasteiger partial charge >= 0.3 is 0 Å². The summed E-state index contributed by atoms with van der Waals surface area (Å²) in [4.78, 5) is 5.72. The average Bonchev–Trinajstić information content (AvgIpc) is 2.87. The largest absolute Gasteiger partial charge is 0.308 e. The monoisotopic (exact) mass is 366 g/mol. The number of thiophene rings is 1. The zero-order valence-electron chi connectivity index (χ0n) is 10.6. The molecular weight excluding hydrogens is 356 g/mol. The molecule has 102 valence electrons. The van der Waals surface area contributed by atoms with Crippen molar-refractivity contribution >= 4 is 49.8 Å². The molecule has 3 rings (SSSR count). The summed E-state index contributed by atoms with van der Waals surface area (Å²) in [5.74, 6) is 0. The maximum Gasteiger partial charge on any atom is 0.0931 e. The van der Waals surface area contributed by atoms with Gasteiger partial charge in [-0.2, -0.15) is 0 Å². The highest BCUT2D eigenvalue weighted by Gasteiger charge is 2.05. The Kier molecular flexibility index (Phi) is 4.36. The summed E-state index contributed by atoms with van der Waals surface area (Å²) in [5, 5.41) is 4.58. The van der Waals surface area contributed by atoms with Crippen LogP contribution in [0.4, 0.5) is 0 Å². The summed E-state index contributed by atoms with van der Waals surface area (Å²) < 4.78 is 1.91. The number of nitrogens with one attached hydrogen (secondary N) is 1. The van der Waals surface area contributed by atoms with Gasteiger partial charge in [0.2, 0.25) is 0 Å². The summed E-state index contributed by atoms with van der Waals surface area (Å²) in [6.07, 6.45) is 1.83. The second kappa shape index (κ2) is 6.22. The smallest absolute Gasteiger partial charge is 0.0931 e. The molecule has 1 aromatic carbocycles. The van der Waals surface area contributed by atoms with Crippen molar-refractivity contribution in [2.75, 3.05) is 0 Å². The molecule has 0 bridgehead atoms. The minimum absolute atomic E-state index is 0.788. The van der Waals surface area contributed by atoms with Crippen LogP contribution in [0.15, 0.2) is 47.1 Å². The van der Waals surface area contributed by atoms with Crippen molar-refractivity contribution in [3.05, 3.63) is 61.8 Å². The fourth-order valence-electron chi connectivity index (χ4n) is 2.11. The molecule has 1 N–H and O–H groups in total. The molecule has 20 heavy (non-hydrogen) atoms. The first-order valence-electron chi connectivity index (χ1n) is 6.21. The second-order valence-corrected chi connectivity index (χ2v) is 7.07. The van der Waals surface area contributed by atoms with E-state index in [1.165, 1.54) is 10.4 Å². The molecule has 0 amide bonds. The molecule has 0 aliphatic heterocycles. The Morgan fingerprint density at radius 1 is 1.15 bits per heavy atom. The van der Waals surface area contributed by atoms with E-state index in [2.05, 4.69) is 50.5 Å². The van der Waals surface area contributed by atoms with E-state index in [1.54, 1.807) is 11.3 Å². The zero-order chi connectivity index (χ0) is 13.9. The Bertz CT molecular complexity index is 742. The number of nitrogens with zero attached hydrogens (tertiary/aromatic N) is 1. The lowest BCUT2D eigenvalue weighted by atomic mass is 10.1. The molecule has 2 heterocycles. The second-order valence-electron chi connectivity index (χ2n) is 4.42. The van der Waals surface area contributed by atoms with E-state index in [-0.39, 0.29) is 0 Å². The van der Waals surface area contributed by atoms with Crippen LogP contribution in [-0.4, -0.2) is 4.98 Å². The molecule has 0 saturated heterocycles.